The van der Waals surface area contributed by atoms with Crippen LogP contribution in [0.5, 0.6) is 0 Å². The lowest BCUT2D eigenvalue weighted by Crippen LogP contribution is -2.11. The summed E-state index contributed by atoms with van der Waals surface area (Å²) >= 11 is 7.93. The highest BCUT2D eigenvalue weighted by Gasteiger charge is 2.13. The molecular formula is C12H6Br2N2OS. The summed E-state index contributed by atoms with van der Waals surface area (Å²) < 4.78 is 1.55. The van der Waals surface area contributed by atoms with E-state index in [1.54, 1.807) is 18.2 Å². The van der Waals surface area contributed by atoms with Crippen LogP contribution in [-0.4, -0.2) is 5.91 Å². The molecule has 0 aliphatic rings. The van der Waals surface area contributed by atoms with Gasteiger partial charge >= 0.3 is 0 Å². The van der Waals surface area contributed by atoms with Crippen LogP contribution in [0.2, 0.25) is 0 Å². The summed E-state index contributed by atoms with van der Waals surface area (Å²) in [6, 6.07) is 9.00. The molecule has 0 atom stereocenters. The lowest BCUT2D eigenvalue weighted by molar-refractivity contribution is 0.103. The van der Waals surface area contributed by atoms with Crippen molar-refractivity contribution in [3.05, 3.63) is 49.0 Å². The van der Waals surface area contributed by atoms with Crippen molar-refractivity contribution >= 4 is 54.8 Å². The maximum absolute atomic E-state index is 12.0. The molecule has 0 saturated carbocycles. The number of hydrogen-bond acceptors (Lipinski definition) is 3. The zero-order chi connectivity index (χ0) is 13.1. The second-order valence-corrected chi connectivity index (χ2v) is 6.04. The lowest BCUT2D eigenvalue weighted by Gasteiger charge is -2.06. The van der Waals surface area contributed by atoms with Crippen molar-refractivity contribution in [2.24, 2.45) is 0 Å². The number of thiophene rings is 1. The average Bonchev–Trinajstić information content (AvgIpc) is 2.77. The summed E-state index contributed by atoms with van der Waals surface area (Å²) in [5.74, 6) is -0.226. The van der Waals surface area contributed by atoms with Gasteiger partial charge < -0.3 is 5.32 Å². The van der Waals surface area contributed by atoms with E-state index < -0.39 is 0 Å². The molecule has 6 heteroatoms. The summed E-state index contributed by atoms with van der Waals surface area (Å²) in [7, 11) is 0. The van der Waals surface area contributed by atoms with Crippen LogP contribution in [0.3, 0.4) is 0 Å². The van der Waals surface area contributed by atoms with Gasteiger partial charge in [-0.3, -0.25) is 4.79 Å². The Kier molecular flexibility index (Phi) is 4.17. The molecule has 0 saturated heterocycles. The summed E-state index contributed by atoms with van der Waals surface area (Å²) in [5, 5.41) is 13.6. The zero-order valence-corrected chi connectivity index (χ0v) is 12.9. The molecule has 1 heterocycles. The first kappa shape index (κ1) is 13.3. The van der Waals surface area contributed by atoms with E-state index in [9.17, 15) is 4.79 Å². The minimum Gasteiger partial charge on any atom is -0.320 e. The first-order valence-electron chi connectivity index (χ1n) is 4.86. The highest BCUT2D eigenvalue weighted by atomic mass is 79.9. The van der Waals surface area contributed by atoms with Crippen molar-refractivity contribution < 1.29 is 4.79 Å². The highest BCUT2D eigenvalue weighted by Crippen LogP contribution is 2.25. The Labute approximate surface area is 125 Å². The molecule has 0 unspecified atom stereocenters. The molecule has 1 aromatic carbocycles. The van der Waals surface area contributed by atoms with Crippen LogP contribution < -0.4 is 5.32 Å². The number of benzene rings is 1. The van der Waals surface area contributed by atoms with E-state index >= 15 is 0 Å². The van der Waals surface area contributed by atoms with Crippen LogP contribution in [0.4, 0.5) is 5.69 Å². The van der Waals surface area contributed by atoms with Gasteiger partial charge in [0.1, 0.15) is 10.9 Å². The van der Waals surface area contributed by atoms with Crippen molar-refractivity contribution in [3.63, 3.8) is 0 Å². The molecule has 0 bridgehead atoms. The largest absolute Gasteiger partial charge is 0.320 e. The standard InChI is InChI=1S/C12H6Br2N2OS/c13-8-1-2-10(7(5-8)6-15)16-12(17)11-9(14)3-4-18-11/h1-5H,(H,16,17). The number of rotatable bonds is 2. The molecule has 18 heavy (non-hydrogen) atoms. The van der Waals surface area contributed by atoms with Crippen LogP contribution in [0.15, 0.2) is 38.6 Å². The van der Waals surface area contributed by atoms with Gasteiger partial charge in [0.25, 0.3) is 5.91 Å². The van der Waals surface area contributed by atoms with Crippen LogP contribution in [0, 0.1) is 11.3 Å². The Hall–Kier alpha value is -1.16. The number of hydrogen-bond donors (Lipinski definition) is 1. The monoisotopic (exact) mass is 384 g/mol. The number of carbonyl (C=O) groups excluding carboxylic acids is 1. The molecule has 0 radical (unpaired) electrons. The van der Waals surface area contributed by atoms with E-state index in [0.717, 1.165) is 8.95 Å². The van der Waals surface area contributed by atoms with E-state index in [1.165, 1.54) is 11.3 Å². The first-order valence-corrected chi connectivity index (χ1v) is 7.32. The maximum Gasteiger partial charge on any atom is 0.266 e. The Balaban J connectivity index is 2.28. The Bertz CT molecular complexity index is 646. The molecule has 1 aromatic heterocycles. The molecule has 3 nitrogen and oxygen atoms in total. The number of carbonyl (C=O) groups is 1. The highest BCUT2D eigenvalue weighted by molar-refractivity contribution is 9.10. The molecule has 2 aromatic rings. The number of anilines is 1. The second-order valence-electron chi connectivity index (χ2n) is 3.35. The second kappa shape index (κ2) is 5.65. The van der Waals surface area contributed by atoms with Crippen molar-refractivity contribution in [2.75, 3.05) is 5.32 Å². The Morgan fingerprint density at radius 1 is 1.33 bits per heavy atom. The van der Waals surface area contributed by atoms with Gasteiger partial charge in [-0.15, -0.1) is 11.3 Å². The SMILES string of the molecule is N#Cc1cc(Br)ccc1NC(=O)c1sccc1Br. The maximum atomic E-state index is 12.0. The minimum absolute atomic E-state index is 0.226. The molecule has 0 spiro atoms. The van der Waals surface area contributed by atoms with Gasteiger partial charge in [-0.2, -0.15) is 5.26 Å². The fourth-order valence-corrected chi connectivity index (χ4v) is 3.16. The summed E-state index contributed by atoms with van der Waals surface area (Å²) in [6.45, 7) is 0. The molecule has 0 aliphatic carbocycles. The lowest BCUT2D eigenvalue weighted by atomic mass is 10.2. The van der Waals surface area contributed by atoms with Crippen molar-refractivity contribution in [1.29, 1.82) is 5.26 Å². The van der Waals surface area contributed by atoms with Crippen molar-refractivity contribution in [2.45, 2.75) is 0 Å². The predicted octanol–water partition coefficient (Wildman–Crippen LogP) is 4.40. The van der Waals surface area contributed by atoms with Gasteiger partial charge in [0, 0.05) is 8.95 Å². The molecule has 1 N–H and O–H groups in total. The summed E-state index contributed by atoms with van der Waals surface area (Å²) in [6.07, 6.45) is 0. The quantitative estimate of drug-likeness (QED) is 0.832. The van der Waals surface area contributed by atoms with Crippen molar-refractivity contribution in [3.8, 4) is 6.07 Å². The van der Waals surface area contributed by atoms with Crippen molar-refractivity contribution in [1.82, 2.24) is 0 Å². The molecule has 0 fully saturated rings. The van der Waals surface area contributed by atoms with Crippen LogP contribution in [0.25, 0.3) is 0 Å². The normalized spacial score (nSPS) is 9.83. The van der Waals surface area contributed by atoms with Gasteiger partial charge in [0.05, 0.1) is 11.3 Å². The summed E-state index contributed by atoms with van der Waals surface area (Å²) in [4.78, 5) is 12.6. The van der Waals surface area contributed by atoms with Gasteiger partial charge in [-0.25, -0.2) is 0 Å². The fraction of sp³-hybridized carbons (Fsp3) is 0. The van der Waals surface area contributed by atoms with Crippen LogP contribution in [0.1, 0.15) is 15.2 Å². The number of amides is 1. The van der Waals surface area contributed by atoms with E-state index in [0.29, 0.717) is 16.1 Å². The Morgan fingerprint density at radius 3 is 2.72 bits per heavy atom. The van der Waals surface area contributed by atoms with Crippen LogP contribution >= 0.6 is 43.2 Å². The third-order valence-electron chi connectivity index (χ3n) is 2.17. The van der Waals surface area contributed by atoms with Gasteiger partial charge in [-0.05, 0) is 45.6 Å². The number of nitrogens with one attached hydrogen (secondary N) is 1. The van der Waals surface area contributed by atoms with E-state index in [4.69, 9.17) is 5.26 Å². The zero-order valence-electron chi connectivity index (χ0n) is 8.91. The van der Waals surface area contributed by atoms with Gasteiger partial charge in [-0.1, -0.05) is 15.9 Å². The predicted molar refractivity (Wildman–Crippen MR) is 78.8 cm³/mol. The molecule has 90 valence electrons. The number of nitriles is 1. The third kappa shape index (κ3) is 2.80. The fourth-order valence-electron chi connectivity index (χ4n) is 1.35. The third-order valence-corrected chi connectivity index (χ3v) is 4.50. The summed E-state index contributed by atoms with van der Waals surface area (Å²) in [5.41, 5.74) is 0.927. The molecule has 1 amide bonds. The minimum atomic E-state index is -0.226. The van der Waals surface area contributed by atoms with E-state index in [1.807, 2.05) is 17.5 Å². The molecule has 2 rings (SSSR count). The Morgan fingerprint density at radius 2 is 2.11 bits per heavy atom. The smallest absolute Gasteiger partial charge is 0.266 e. The van der Waals surface area contributed by atoms with Crippen LogP contribution in [-0.2, 0) is 0 Å². The number of halogens is 2. The van der Waals surface area contributed by atoms with E-state index in [-0.39, 0.29) is 5.91 Å². The van der Waals surface area contributed by atoms with Gasteiger partial charge in [0.15, 0.2) is 0 Å². The number of nitrogens with zero attached hydrogens (tertiary/aromatic N) is 1. The average molecular weight is 386 g/mol. The molecule has 0 aliphatic heterocycles. The van der Waals surface area contributed by atoms with Gasteiger partial charge in [0.2, 0.25) is 0 Å². The molecular weight excluding hydrogens is 380 g/mol. The first-order chi connectivity index (χ1) is 8.61. The topological polar surface area (TPSA) is 52.9 Å². The van der Waals surface area contributed by atoms with E-state index in [2.05, 4.69) is 37.2 Å².